The maximum atomic E-state index is 12.3. The number of nitrogens with two attached hydrogens (primary N) is 1. The molecule has 0 heterocycles. The highest BCUT2D eigenvalue weighted by atomic mass is 32.2. The molecule has 0 aromatic heterocycles. The Morgan fingerprint density at radius 3 is 1.86 bits per heavy atom. The summed E-state index contributed by atoms with van der Waals surface area (Å²) in [6.45, 7) is 8.02. The second-order valence-electron chi connectivity index (χ2n) is 8.01. The van der Waals surface area contributed by atoms with E-state index in [9.17, 15) is 13.8 Å². The number of hydrogen-bond acceptors (Lipinski definition) is 3. The molecule has 2 rings (SSSR count). The van der Waals surface area contributed by atoms with Crippen molar-refractivity contribution >= 4 is 22.8 Å². The summed E-state index contributed by atoms with van der Waals surface area (Å²) in [5.41, 5.74) is 6.79. The SMILES string of the molecule is CC(C)[C@H](CC(C)(C)S(N)=O)c1ccc(C(=O)NNC(=O)c2ccccc2)cc1. The lowest BCUT2D eigenvalue weighted by molar-refractivity contribution is 0.0846. The van der Waals surface area contributed by atoms with Crippen LogP contribution in [0.3, 0.4) is 0 Å². The third-order valence-corrected chi connectivity index (χ3v) is 6.24. The third kappa shape index (κ3) is 6.24. The minimum atomic E-state index is -1.43. The maximum absolute atomic E-state index is 12.3. The van der Waals surface area contributed by atoms with E-state index >= 15 is 0 Å². The summed E-state index contributed by atoms with van der Waals surface area (Å²) < 4.78 is 11.3. The van der Waals surface area contributed by atoms with Gasteiger partial charge in [-0.25, -0.2) is 4.21 Å². The van der Waals surface area contributed by atoms with Gasteiger partial charge in [-0.15, -0.1) is 0 Å². The molecule has 0 spiro atoms. The summed E-state index contributed by atoms with van der Waals surface area (Å²) in [5, 5.41) is 5.65. The summed E-state index contributed by atoms with van der Waals surface area (Å²) in [7, 11) is -1.43. The number of carbonyl (C=O) groups is 2. The van der Waals surface area contributed by atoms with Gasteiger partial charge in [-0.2, -0.15) is 0 Å². The number of carbonyl (C=O) groups excluding carboxylic acids is 2. The highest BCUT2D eigenvalue weighted by Gasteiger charge is 2.30. The van der Waals surface area contributed by atoms with E-state index in [1.165, 1.54) is 0 Å². The Morgan fingerprint density at radius 2 is 1.41 bits per heavy atom. The molecule has 2 amide bonds. The van der Waals surface area contributed by atoms with Gasteiger partial charge in [0.25, 0.3) is 11.8 Å². The molecule has 2 aromatic carbocycles. The van der Waals surface area contributed by atoms with E-state index in [4.69, 9.17) is 5.14 Å². The fraction of sp³-hybridized carbons (Fsp3) is 0.364. The minimum absolute atomic E-state index is 0.160. The summed E-state index contributed by atoms with van der Waals surface area (Å²) in [6, 6.07) is 15.9. The van der Waals surface area contributed by atoms with Crippen LogP contribution in [0.5, 0.6) is 0 Å². The van der Waals surface area contributed by atoms with Crippen molar-refractivity contribution in [1.29, 1.82) is 0 Å². The van der Waals surface area contributed by atoms with Crippen molar-refractivity contribution in [3.05, 3.63) is 71.3 Å². The summed E-state index contributed by atoms with van der Waals surface area (Å²) >= 11 is 0. The first-order valence-electron chi connectivity index (χ1n) is 9.54. The highest BCUT2D eigenvalue weighted by molar-refractivity contribution is 7.84. The number of hydrazine groups is 1. The van der Waals surface area contributed by atoms with Crippen LogP contribution in [0, 0.1) is 5.92 Å². The first-order chi connectivity index (χ1) is 13.6. The molecule has 2 aromatic rings. The number of nitrogens with one attached hydrogen (secondary N) is 2. The predicted molar refractivity (Wildman–Crippen MR) is 116 cm³/mol. The van der Waals surface area contributed by atoms with Gasteiger partial charge >= 0.3 is 0 Å². The first-order valence-corrected chi connectivity index (χ1v) is 10.7. The van der Waals surface area contributed by atoms with E-state index in [1.807, 2.05) is 32.0 Å². The Hall–Kier alpha value is -2.51. The van der Waals surface area contributed by atoms with Crippen molar-refractivity contribution in [2.24, 2.45) is 11.1 Å². The lowest BCUT2D eigenvalue weighted by Gasteiger charge is -2.30. The molecule has 2 atom stereocenters. The molecule has 0 aliphatic rings. The molecule has 7 heteroatoms. The van der Waals surface area contributed by atoms with E-state index in [1.54, 1.807) is 36.4 Å². The van der Waals surface area contributed by atoms with Gasteiger partial charge in [0.15, 0.2) is 0 Å². The van der Waals surface area contributed by atoms with Crippen molar-refractivity contribution in [3.63, 3.8) is 0 Å². The second kappa shape index (κ2) is 9.80. The maximum Gasteiger partial charge on any atom is 0.269 e. The average molecular weight is 416 g/mol. The molecule has 1 unspecified atom stereocenters. The molecule has 0 fully saturated rings. The standard InChI is InChI=1S/C22H29N3O3S/c1-15(2)19(14-22(3,4)29(23)28)16-10-12-18(13-11-16)21(27)25-24-20(26)17-8-6-5-7-9-17/h5-13,15,19H,14,23H2,1-4H3,(H,24,26)(H,25,27)/t19-,29?/m0/s1. The molecule has 0 aliphatic carbocycles. The first kappa shape index (κ1) is 22.8. The van der Waals surface area contributed by atoms with E-state index in [0.717, 1.165) is 5.56 Å². The van der Waals surface area contributed by atoms with Crippen LogP contribution in [0.15, 0.2) is 54.6 Å². The molecule has 0 saturated heterocycles. The molecule has 0 aliphatic heterocycles. The zero-order valence-corrected chi connectivity index (χ0v) is 18.1. The van der Waals surface area contributed by atoms with Gasteiger partial charge in [0, 0.05) is 11.1 Å². The lowest BCUT2D eigenvalue weighted by Crippen LogP contribution is -2.41. The zero-order chi connectivity index (χ0) is 21.6. The fourth-order valence-corrected chi connectivity index (χ4v) is 3.42. The molecule has 6 nitrogen and oxygen atoms in total. The topological polar surface area (TPSA) is 101 Å². The quantitative estimate of drug-likeness (QED) is 0.605. The van der Waals surface area contributed by atoms with E-state index in [0.29, 0.717) is 23.5 Å². The molecule has 0 saturated carbocycles. The van der Waals surface area contributed by atoms with Crippen molar-refractivity contribution in [2.75, 3.05) is 0 Å². The van der Waals surface area contributed by atoms with Gasteiger partial charge < -0.3 is 0 Å². The van der Waals surface area contributed by atoms with Crippen LogP contribution in [0.1, 0.15) is 66.3 Å². The number of amides is 2. The Bertz CT molecular complexity index is 865. The Balaban J connectivity index is 2.04. The summed E-state index contributed by atoms with van der Waals surface area (Å²) in [4.78, 5) is 24.4. The highest BCUT2D eigenvalue weighted by Crippen LogP contribution is 2.34. The Morgan fingerprint density at radius 1 is 0.931 bits per heavy atom. The van der Waals surface area contributed by atoms with E-state index in [-0.39, 0.29) is 11.8 Å². The van der Waals surface area contributed by atoms with Crippen LogP contribution in [-0.4, -0.2) is 20.8 Å². The smallest absolute Gasteiger partial charge is 0.267 e. The van der Waals surface area contributed by atoms with Crippen LogP contribution in [0.25, 0.3) is 0 Å². The zero-order valence-electron chi connectivity index (χ0n) is 17.3. The molecular formula is C22H29N3O3S. The van der Waals surface area contributed by atoms with E-state index < -0.39 is 21.6 Å². The Labute approximate surface area is 174 Å². The number of benzene rings is 2. The van der Waals surface area contributed by atoms with Crippen LogP contribution < -0.4 is 16.0 Å². The van der Waals surface area contributed by atoms with Gasteiger partial charge in [-0.05, 0) is 61.9 Å². The molecular weight excluding hydrogens is 386 g/mol. The van der Waals surface area contributed by atoms with Crippen LogP contribution in [-0.2, 0) is 11.0 Å². The molecule has 29 heavy (non-hydrogen) atoms. The van der Waals surface area contributed by atoms with Gasteiger partial charge in [0.1, 0.15) is 0 Å². The minimum Gasteiger partial charge on any atom is -0.267 e. The second-order valence-corrected chi connectivity index (χ2v) is 9.71. The lowest BCUT2D eigenvalue weighted by atomic mass is 9.81. The molecule has 0 radical (unpaired) electrons. The van der Waals surface area contributed by atoms with Crippen molar-refractivity contribution in [2.45, 2.75) is 44.8 Å². The normalized spacial score (nSPS) is 13.6. The van der Waals surface area contributed by atoms with Gasteiger partial charge in [-0.3, -0.25) is 25.6 Å². The summed E-state index contributed by atoms with van der Waals surface area (Å²) in [6.07, 6.45) is 0.673. The van der Waals surface area contributed by atoms with Gasteiger partial charge in [0.2, 0.25) is 0 Å². The number of hydrogen-bond donors (Lipinski definition) is 3. The van der Waals surface area contributed by atoms with E-state index in [2.05, 4.69) is 24.7 Å². The predicted octanol–water partition coefficient (Wildman–Crippen LogP) is 3.29. The van der Waals surface area contributed by atoms with Crippen molar-refractivity contribution in [1.82, 2.24) is 10.9 Å². The third-order valence-electron chi connectivity index (χ3n) is 4.99. The number of rotatable bonds is 7. The summed E-state index contributed by atoms with van der Waals surface area (Å²) in [5.74, 6) is -0.298. The van der Waals surface area contributed by atoms with Crippen molar-refractivity contribution < 1.29 is 13.8 Å². The molecule has 4 N–H and O–H groups in total. The van der Waals surface area contributed by atoms with Crippen LogP contribution in [0.4, 0.5) is 0 Å². The van der Waals surface area contributed by atoms with Crippen LogP contribution in [0.2, 0.25) is 0 Å². The monoisotopic (exact) mass is 415 g/mol. The Kier molecular flexibility index (Phi) is 7.70. The molecule has 0 bridgehead atoms. The van der Waals surface area contributed by atoms with Crippen molar-refractivity contribution in [3.8, 4) is 0 Å². The molecule has 156 valence electrons. The average Bonchev–Trinajstić information content (AvgIpc) is 2.70. The van der Waals surface area contributed by atoms with Gasteiger partial charge in [0.05, 0.1) is 15.7 Å². The van der Waals surface area contributed by atoms with Gasteiger partial charge in [-0.1, -0.05) is 44.2 Å². The fourth-order valence-electron chi connectivity index (χ4n) is 3.08. The van der Waals surface area contributed by atoms with Crippen LogP contribution >= 0.6 is 0 Å². The largest absolute Gasteiger partial charge is 0.269 e.